The lowest BCUT2D eigenvalue weighted by Gasteiger charge is -2.13. The molecule has 0 bridgehead atoms. The molecule has 1 atom stereocenters. The van der Waals surface area contributed by atoms with Crippen molar-refractivity contribution in [2.24, 2.45) is 0 Å². The van der Waals surface area contributed by atoms with Crippen molar-refractivity contribution < 1.29 is 9.15 Å². The van der Waals surface area contributed by atoms with E-state index in [-0.39, 0.29) is 6.04 Å². The molecule has 0 amide bonds. The molecule has 2 aromatic heterocycles. The number of nitrogens with one attached hydrogen (secondary N) is 1. The summed E-state index contributed by atoms with van der Waals surface area (Å²) < 4.78 is 10.6. The van der Waals surface area contributed by atoms with Gasteiger partial charge in [0.25, 0.3) is 0 Å². The molecule has 0 saturated heterocycles. The highest BCUT2D eigenvalue weighted by Crippen LogP contribution is 2.24. The maximum atomic E-state index is 5.71. The molecular formula is C13H17N3O2. The van der Waals surface area contributed by atoms with Crippen LogP contribution in [0.1, 0.15) is 24.5 Å². The molecule has 1 unspecified atom stereocenters. The van der Waals surface area contributed by atoms with E-state index >= 15 is 0 Å². The smallest absolute Gasteiger partial charge is 0.238 e. The SMILES string of the molecule is COc1nc(NC(C)c2ccc(C)o2)ccc1N. The first kappa shape index (κ1) is 12.3. The van der Waals surface area contributed by atoms with E-state index in [1.165, 1.54) is 0 Å². The van der Waals surface area contributed by atoms with E-state index in [0.717, 1.165) is 11.5 Å². The minimum atomic E-state index is 0.0273. The fourth-order valence-corrected chi connectivity index (χ4v) is 1.67. The van der Waals surface area contributed by atoms with Crippen molar-refractivity contribution in [1.29, 1.82) is 0 Å². The van der Waals surface area contributed by atoms with Gasteiger partial charge in [0, 0.05) is 0 Å². The van der Waals surface area contributed by atoms with Gasteiger partial charge in [-0.3, -0.25) is 0 Å². The summed E-state index contributed by atoms with van der Waals surface area (Å²) in [6, 6.07) is 7.48. The number of nitrogens with two attached hydrogens (primary N) is 1. The molecule has 5 heteroatoms. The van der Waals surface area contributed by atoms with Crippen molar-refractivity contribution in [2.45, 2.75) is 19.9 Å². The van der Waals surface area contributed by atoms with E-state index in [9.17, 15) is 0 Å². The van der Waals surface area contributed by atoms with Crippen LogP contribution in [0, 0.1) is 6.92 Å². The van der Waals surface area contributed by atoms with Crippen molar-refractivity contribution >= 4 is 11.5 Å². The van der Waals surface area contributed by atoms with Gasteiger partial charge in [0.15, 0.2) is 0 Å². The topological polar surface area (TPSA) is 73.3 Å². The molecular weight excluding hydrogens is 230 g/mol. The number of ether oxygens (including phenoxy) is 1. The lowest BCUT2D eigenvalue weighted by atomic mass is 10.2. The first-order valence-electron chi connectivity index (χ1n) is 5.73. The highest BCUT2D eigenvalue weighted by Gasteiger charge is 2.11. The van der Waals surface area contributed by atoms with E-state index in [2.05, 4.69) is 10.3 Å². The van der Waals surface area contributed by atoms with E-state index in [4.69, 9.17) is 14.9 Å². The maximum Gasteiger partial charge on any atom is 0.238 e. The van der Waals surface area contributed by atoms with Crippen molar-refractivity contribution in [1.82, 2.24) is 4.98 Å². The van der Waals surface area contributed by atoms with Crippen LogP contribution in [0.15, 0.2) is 28.7 Å². The summed E-state index contributed by atoms with van der Waals surface area (Å²) in [6.45, 7) is 3.92. The number of furan rings is 1. The van der Waals surface area contributed by atoms with Crippen LogP contribution in [0.3, 0.4) is 0 Å². The average molecular weight is 247 g/mol. The molecule has 0 aromatic carbocycles. The van der Waals surface area contributed by atoms with Crippen LogP contribution in [0.5, 0.6) is 5.88 Å². The molecule has 2 heterocycles. The maximum absolute atomic E-state index is 5.71. The minimum Gasteiger partial charge on any atom is -0.479 e. The highest BCUT2D eigenvalue weighted by molar-refractivity contribution is 5.53. The Hall–Kier alpha value is -2.17. The van der Waals surface area contributed by atoms with E-state index in [0.29, 0.717) is 17.4 Å². The largest absolute Gasteiger partial charge is 0.479 e. The molecule has 18 heavy (non-hydrogen) atoms. The summed E-state index contributed by atoms with van der Waals surface area (Å²) in [5.74, 6) is 2.87. The molecule has 0 radical (unpaired) electrons. The molecule has 0 aliphatic heterocycles. The van der Waals surface area contributed by atoms with Gasteiger partial charge in [-0.2, -0.15) is 4.98 Å². The normalized spacial score (nSPS) is 12.2. The first-order chi connectivity index (χ1) is 8.60. The van der Waals surface area contributed by atoms with Crippen molar-refractivity contribution in [3.8, 4) is 5.88 Å². The standard InChI is InChI=1S/C13H17N3O2/c1-8-4-6-11(18-8)9(2)15-12-7-5-10(14)13(16-12)17-3/h4-7,9H,14H2,1-3H3,(H,15,16). The van der Waals surface area contributed by atoms with Crippen LogP contribution in [-0.2, 0) is 0 Å². The number of anilines is 2. The van der Waals surface area contributed by atoms with Gasteiger partial charge in [0.1, 0.15) is 17.3 Å². The quantitative estimate of drug-likeness (QED) is 0.869. The highest BCUT2D eigenvalue weighted by atomic mass is 16.5. The summed E-state index contributed by atoms with van der Waals surface area (Å²) in [4.78, 5) is 4.26. The summed E-state index contributed by atoms with van der Waals surface area (Å²) in [5, 5.41) is 3.23. The number of aromatic nitrogens is 1. The minimum absolute atomic E-state index is 0.0273. The number of rotatable bonds is 4. The third-order valence-electron chi connectivity index (χ3n) is 2.64. The fourth-order valence-electron chi connectivity index (χ4n) is 1.67. The molecule has 0 fully saturated rings. The third kappa shape index (κ3) is 2.56. The molecule has 2 aromatic rings. The number of nitrogens with zero attached hydrogens (tertiary/aromatic N) is 1. The van der Waals surface area contributed by atoms with Gasteiger partial charge in [-0.1, -0.05) is 0 Å². The third-order valence-corrected chi connectivity index (χ3v) is 2.64. The number of methoxy groups -OCH3 is 1. The van der Waals surface area contributed by atoms with Crippen LogP contribution in [0.4, 0.5) is 11.5 Å². The number of pyridine rings is 1. The van der Waals surface area contributed by atoms with Crippen LogP contribution in [-0.4, -0.2) is 12.1 Å². The zero-order valence-corrected chi connectivity index (χ0v) is 10.7. The van der Waals surface area contributed by atoms with Crippen LogP contribution in [0.25, 0.3) is 0 Å². The lowest BCUT2D eigenvalue weighted by Crippen LogP contribution is -2.08. The van der Waals surface area contributed by atoms with Gasteiger partial charge < -0.3 is 20.2 Å². The number of aryl methyl sites for hydroxylation is 1. The zero-order chi connectivity index (χ0) is 13.1. The summed E-state index contributed by atoms with van der Waals surface area (Å²) in [5.41, 5.74) is 6.23. The van der Waals surface area contributed by atoms with Crippen molar-refractivity contribution in [3.63, 3.8) is 0 Å². The van der Waals surface area contributed by atoms with Gasteiger partial charge in [0.05, 0.1) is 18.8 Å². The van der Waals surface area contributed by atoms with Gasteiger partial charge in [0.2, 0.25) is 5.88 Å². The Morgan fingerprint density at radius 2 is 2.11 bits per heavy atom. The van der Waals surface area contributed by atoms with Gasteiger partial charge in [-0.05, 0) is 38.1 Å². The van der Waals surface area contributed by atoms with Crippen molar-refractivity contribution in [2.75, 3.05) is 18.2 Å². The Balaban J connectivity index is 2.14. The Labute approximate surface area is 106 Å². The predicted octanol–water partition coefficient (Wildman–Crippen LogP) is 2.75. The Morgan fingerprint density at radius 1 is 1.33 bits per heavy atom. The van der Waals surface area contributed by atoms with E-state index in [1.807, 2.05) is 32.0 Å². The molecule has 96 valence electrons. The monoisotopic (exact) mass is 247 g/mol. The molecule has 5 nitrogen and oxygen atoms in total. The van der Waals surface area contributed by atoms with Crippen LogP contribution >= 0.6 is 0 Å². The lowest BCUT2D eigenvalue weighted by molar-refractivity contribution is 0.400. The van der Waals surface area contributed by atoms with Crippen LogP contribution in [0.2, 0.25) is 0 Å². The predicted molar refractivity (Wildman–Crippen MR) is 70.7 cm³/mol. The zero-order valence-electron chi connectivity index (χ0n) is 10.7. The number of hydrogen-bond acceptors (Lipinski definition) is 5. The molecule has 0 aliphatic rings. The summed E-state index contributed by atoms with van der Waals surface area (Å²) in [6.07, 6.45) is 0. The van der Waals surface area contributed by atoms with Gasteiger partial charge in [-0.15, -0.1) is 0 Å². The first-order valence-corrected chi connectivity index (χ1v) is 5.73. The van der Waals surface area contributed by atoms with Crippen LogP contribution < -0.4 is 15.8 Å². The van der Waals surface area contributed by atoms with E-state index in [1.54, 1.807) is 13.2 Å². The van der Waals surface area contributed by atoms with E-state index < -0.39 is 0 Å². The second-order valence-corrected chi connectivity index (χ2v) is 4.11. The molecule has 2 rings (SSSR count). The number of hydrogen-bond donors (Lipinski definition) is 2. The van der Waals surface area contributed by atoms with Gasteiger partial charge in [-0.25, -0.2) is 0 Å². The van der Waals surface area contributed by atoms with Gasteiger partial charge >= 0.3 is 0 Å². The second-order valence-electron chi connectivity index (χ2n) is 4.11. The Kier molecular flexibility index (Phi) is 3.41. The average Bonchev–Trinajstić information content (AvgIpc) is 2.78. The molecule has 0 saturated carbocycles. The van der Waals surface area contributed by atoms with Crippen molar-refractivity contribution in [3.05, 3.63) is 35.8 Å². The molecule has 0 aliphatic carbocycles. The molecule has 0 spiro atoms. The Morgan fingerprint density at radius 3 is 2.72 bits per heavy atom. The molecule has 3 N–H and O–H groups in total. The summed E-state index contributed by atoms with van der Waals surface area (Å²) >= 11 is 0. The number of nitrogen functional groups attached to an aromatic ring is 1. The fraction of sp³-hybridized carbons (Fsp3) is 0.308. The summed E-state index contributed by atoms with van der Waals surface area (Å²) in [7, 11) is 1.54. The Bertz CT molecular complexity index is 537. The second kappa shape index (κ2) is 5.00.